The average Bonchev–Trinajstić information content (AvgIpc) is 2.27. The Balaban J connectivity index is 2.10. The summed E-state index contributed by atoms with van der Waals surface area (Å²) in [5.41, 5.74) is 2.28. The Morgan fingerprint density at radius 1 is 1.50 bits per heavy atom. The first kappa shape index (κ1) is 11.6. The Morgan fingerprint density at radius 2 is 2.31 bits per heavy atom. The van der Waals surface area contributed by atoms with Crippen molar-refractivity contribution in [2.24, 2.45) is 0 Å². The fourth-order valence-corrected chi connectivity index (χ4v) is 2.15. The Labute approximate surface area is 96.5 Å². The van der Waals surface area contributed by atoms with E-state index in [0.29, 0.717) is 6.04 Å². The third-order valence-corrected chi connectivity index (χ3v) is 3.32. The smallest absolute Gasteiger partial charge is 0.123 e. The van der Waals surface area contributed by atoms with Crippen molar-refractivity contribution in [1.82, 2.24) is 10.2 Å². The van der Waals surface area contributed by atoms with E-state index in [-0.39, 0.29) is 5.82 Å². The molecular weight excluding hydrogens is 203 g/mol. The van der Waals surface area contributed by atoms with Crippen LogP contribution in [-0.4, -0.2) is 30.6 Å². The van der Waals surface area contributed by atoms with Crippen LogP contribution in [0.25, 0.3) is 0 Å². The Hall–Kier alpha value is -0.930. The van der Waals surface area contributed by atoms with Gasteiger partial charge in [-0.05, 0) is 37.1 Å². The zero-order valence-corrected chi connectivity index (χ0v) is 9.96. The summed E-state index contributed by atoms with van der Waals surface area (Å²) in [7, 11) is 0. The van der Waals surface area contributed by atoms with Gasteiger partial charge < -0.3 is 5.32 Å². The minimum atomic E-state index is -0.136. The van der Waals surface area contributed by atoms with Gasteiger partial charge in [0.2, 0.25) is 0 Å². The van der Waals surface area contributed by atoms with Crippen LogP contribution in [0.3, 0.4) is 0 Å². The van der Waals surface area contributed by atoms with Crippen molar-refractivity contribution < 1.29 is 4.39 Å². The summed E-state index contributed by atoms with van der Waals surface area (Å²) in [6.45, 7) is 8.19. The minimum Gasteiger partial charge on any atom is -0.314 e. The fraction of sp³-hybridized carbons (Fsp3) is 0.538. The van der Waals surface area contributed by atoms with Gasteiger partial charge in [0.1, 0.15) is 5.82 Å². The molecular formula is C13H19FN2. The maximum Gasteiger partial charge on any atom is 0.123 e. The van der Waals surface area contributed by atoms with E-state index in [1.807, 2.05) is 13.0 Å². The molecule has 2 rings (SSSR count). The van der Waals surface area contributed by atoms with Crippen molar-refractivity contribution in [3.8, 4) is 0 Å². The monoisotopic (exact) mass is 222 g/mol. The van der Waals surface area contributed by atoms with Crippen molar-refractivity contribution in [2.45, 2.75) is 26.4 Å². The molecule has 0 amide bonds. The van der Waals surface area contributed by atoms with Gasteiger partial charge in [-0.1, -0.05) is 6.07 Å². The molecule has 16 heavy (non-hydrogen) atoms. The number of hydrogen-bond acceptors (Lipinski definition) is 2. The molecule has 0 aliphatic carbocycles. The Morgan fingerprint density at radius 3 is 3.06 bits per heavy atom. The first-order chi connectivity index (χ1) is 7.66. The molecule has 0 spiro atoms. The highest BCUT2D eigenvalue weighted by molar-refractivity contribution is 5.26. The summed E-state index contributed by atoms with van der Waals surface area (Å²) in [6.07, 6.45) is 0. The molecule has 0 aromatic heterocycles. The second-order valence-corrected chi connectivity index (χ2v) is 4.59. The molecule has 1 atom stereocenters. The zero-order valence-electron chi connectivity index (χ0n) is 9.96. The first-order valence-electron chi connectivity index (χ1n) is 5.86. The number of hydrogen-bond donors (Lipinski definition) is 1. The third kappa shape index (κ3) is 2.60. The van der Waals surface area contributed by atoms with Gasteiger partial charge in [0.25, 0.3) is 0 Å². The molecule has 1 saturated heterocycles. The van der Waals surface area contributed by atoms with Gasteiger partial charge in [0, 0.05) is 32.2 Å². The topological polar surface area (TPSA) is 15.3 Å². The van der Waals surface area contributed by atoms with Gasteiger partial charge in [-0.15, -0.1) is 0 Å². The molecule has 1 aromatic carbocycles. The van der Waals surface area contributed by atoms with E-state index in [4.69, 9.17) is 0 Å². The lowest BCUT2D eigenvalue weighted by atomic mass is 10.1. The van der Waals surface area contributed by atoms with Crippen LogP contribution >= 0.6 is 0 Å². The molecule has 0 bridgehead atoms. The van der Waals surface area contributed by atoms with Crippen LogP contribution in [0.5, 0.6) is 0 Å². The van der Waals surface area contributed by atoms with Gasteiger partial charge in [-0.2, -0.15) is 0 Å². The highest BCUT2D eigenvalue weighted by Crippen LogP contribution is 2.15. The normalized spacial score (nSPS) is 22.3. The fourth-order valence-electron chi connectivity index (χ4n) is 2.15. The van der Waals surface area contributed by atoms with E-state index < -0.39 is 0 Å². The van der Waals surface area contributed by atoms with Crippen molar-refractivity contribution in [1.29, 1.82) is 0 Å². The van der Waals surface area contributed by atoms with E-state index in [1.54, 1.807) is 6.07 Å². The van der Waals surface area contributed by atoms with Crippen molar-refractivity contribution in [3.05, 3.63) is 35.1 Å². The van der Waals surface area contributed by atoms with E-state index >= 15 is 0 Å². The number of nitrogens with one attached hydrogen (secondary N) is 1. The lowest BCUT2D eigenvalue weighted by molar-refractivity contribution is 0.165. The van der Waals surface area contributed by atoms with Crippen LogP contribution in [0.1, 0.15) is 18.1 Å². The van der Waals surface area contributed by atoms with Crippen LogP contribution in [0, 0.1) is 12.7 Å². The van der Waals surface area contributed by atoms with E-state index in [0.717, 1.165) is 31.7 Å². The second kappa shape index (κ2) is 4.93. The summed E-state index contributed by atoms with van der Waals surface area (Å²) < 4.78 is 13.2. The number of nitrogens with zero attached hydrogens (tertiary/aromatic N) is 1. The number of rotatable bonds is 2. The van der Waals surface area contributed by atoms with E-state index in [2.05, 4.69) is 17.1 Å². The lowest BCUT2D eigenvalue weighted by Crippen LogP contribution is -2.49. The third-order valence-electron chi connectivity index (χ3n) is 3.32. The SMILES string of the molecule is Cc1ccc(F)cc1CN1CCNC[C@@H]1C. The maximum atomic E-state index is 13.2. The van der Waals surface area contributed by atoms with Crippen molar-refractivity contribution in [2.75, 3.05) is 19.6 Å². The zero-order chi connectivity index (χ0) is 11.5. The van der Waals surface area contributed by atoms with Gasteiger partial charge in [0.15, 0.2) is 0 Å². The molecule has 1 fully saturated rings. The van der Waals surface area contributed by atoms with Gasteiger partial charge in [0.05, 0.1) is 0 Å². The predicted molar refractivity (Wildman–Crippen MR) is 63.9 cm³/mol. The van der Waals surface area contributed by atoms with Gasteiger partial charge in [-0.3, -0.25) is 4.90 Å². The summed E-state index contributed by atoms with van der Waals surface area (Å²) in [6, 6.07) is 5.57. The molecule has 88 valence electrons. The van der Waals surface area contributed by atoms with Crippen LogP contribution in [0.15, 0.2) is 18.2 Å². The molecule has 1 aliphatic rings. The number of aryl methyl sites for hydroxylation is 1. The average molecular weight is 222 g/mol. The van der Waals surface area contributed by atoms with Crippen molar-refractivity contribution >= 4 is 0 Å². The molecule has 1 aliphatic heterocycles. The minimum absolute atomic E-state index is 0.136. The van der Waals surface area contributed by atoms with Crippen LogP contribution < -0.4 is 5.32 Å². The molecule has 0 saturated carbocycles. The Kier molecular flexibility index (Phi) is 3.56. The van der Waals surface area contributed by atoms with Crippen LogP contribution in [-0.2, 0) is 6.54 Å². The number of halogens is 1. The number of piperazine rings is 1. The standard InChI is InChI=1S/C13H19FN2/c1-10-3-4-13(14)7-12(10)9-16-6-5-15-8-11(16)2/h3-4,7,11,15H,5-6,8-9H2,1-2H3/t11-/m0/s1. The summed E-state index contributed by atoms with van der Waals surface area (Å²) in [5.74, 6) is -0.136. The van der Waals surface area contributed by atoms with E-state index in [1.165, 1.54) is 11.6 Å². The summed E-state index contributed by atoms with van der Waals surface area (Å²) in [4.78, 5) is 2.40. The van der Waals surface area contributed by atoms with Gasteiger partial charge in [-0.25, -0.2) is 4.39 Å². The molecule has 1 heterocycles. The maximum absolute atomic E-state index is 13.2. The molecule has 0 radical (unpaired) electrons. The molecule has 1 aromatic rings. The predicted octanol–water partition coefficient (Wildman–Crippen LogP) is 1.93. The molecule has 0 unspecified atom stereocenters. The summed E-state index contributed by atoms with van der Waals surface area (Å²) >= 11 is 0. The lowest BCUT2D eigenvalue weighted by Gasteiger charge is -2.34. The van der Waals surface area contributed by atoms with Crippen molar-refractivity contribution in [3.63, 3.8) is 0 Å². The van der Waals surface area contributed by atoms with E-state index in [9.17, 15) is 4.39 Å². The highest BCUT2D eigenvalue weighted by atomic mass is 19.1. The highest BCUT2D eigenvalue weighted by Gasteiger charge is 2.18. The Bertz CT molecular complexity index is 365. The van der Waals surface area contributed by atoms with Crippen LogP contribution in [0.4, 0.5) is 4.39 Å². The molecule has 1 N–H and O–H groups in total. The molecule has 2 nitrogen and oxygen atoms in total. The number of benzene rings is 1. The first-order valence-corrected chi connectivity index (χ1v) is 5.86. The second-order valence-electron chi connectivity index (χ2n) is 4.59. The molecule has 3 heteroatoms. The largest absolute Gasteiger partial charge is 0.314 e. The quantitative estimate of drug-likeness (QED) is 0.822. The van der Waals surface area contributed by atoms with Gasteiger partial charge >= 0.3 is 0 Å². The summed E-state index contributed by atoms with van der Waals surface area (Å²) in [5, 5.41) is 3.36. The van der Waals surface area contributed by atoms with Crippen LogP contribution in [0.2, 0.25) is 0 Å².